The van der Waals surface area contributed by atoms with Crippen LogP contribution in [0, 0.1) is 5.82 Å². The Morgan fingerprint density at radius 1 is 1.60 bits per heavy atom. The third-order valence-electron chi connectivity index (χ3n) is 1.99. The van der Waals surface area contributed by atoms with Crippen LogP contribution in [0.4, 0.5) is 4.39 Å². The van der Waals surface area contributed by atoms with Gasteiger partial charge in [0.05, 0.1) is 0 Å². The van der Waals surface area contributed by atoms with Crippen LogP contribution in [0.15, 0.2) is 24.3 Å². The molecular weight excluding hydrogens is 215 g/mol. The van der Waals surface area contributed by atoms with Gasteiger partial charge < -0.3 is 5.11 Å². The van der Waals surface area contributed by atoms with Crippen LogP contribution in [0.1, 0.15) is 18.9 Å². The van der Waals surface area contributed by atoms with E-state index >= 15 is 0 Å². The Labute approximate surface area is 92.5 Å². The monoisotopic (exact) mass is 228 g/mol. The molecule has 0 aliphatic heterocycles. The predicted octanol–water partition coefficient (Wildman–Crippen LogP) is 2.92. The van der Waals surface area contributed by atoms with Crippen molar-refractivity contribution in [3.05, 3.63) is 35.6 Å². The van der Waals surface area contributed by atoms with E-state index in [0.717, 1.165) is 5.56 Å². The average molecular weight is 228 g/mol. The SMILES string of the molecule is CCC(SCc1cccc(F)c1)C(=O)O. The van der Waals surface area contributed by atoms with E-state index in [1.165, 1.54) is 23.9 Å². The van der Waals surface area contributed by atoms with Crippen LogP contribution < -0.4 is 0 Å². The second kappa shape index (κ2) is 5.75. The van der Waals surface area contributed by atoms with E-state index in [-0.39, 0.29) is 5.82 Å². The zero-order valence-electron chi connectivity index (χ0n) is 8.44. The lowest BCUT2D eigenvalue weighted by atomic mass is 10.2. The van der Waals surface area contributed by atoms with Crippen molar-refractivity contribution in [2.45, 2.75) is 24.3 Å². The molecule has 0 aliphatic carbocycles. The summed E-state index contributed by atoms with van der Waals surface area (Å²) >= 11 is 1.33. The van der Waals surface area contributed by atoms with Gasteiger partial charge in [0.15, 0.2) is 0 Å². The van der Waals surface area contributed by atoms with Gasteiger partial charge in [0, 0.05) is 5.75 Å². The lowest BCUT2D eigenvalue weighted by Gasteiger charge is -2.08. The normalized spacial score (nSPS) is 12.4. The fraction of sp³-hybridized carbons (Fsp3) is 0.364. The number of rotatable bonds is 5. The van der Waals surface area contributed by atoms with Crippen LogP contribution in [0.3, 0.4) is 0 Å². The summed E-state index contributed by atoms with van der Waals surface area (Å²) in [5.41, 5.74) is 0.819. The molecule has 1 N–H and O–H groups in total. The maximum absolute atomic E-state index is 12.8. The molecule has 0 radical (unpaired) electrons. The highest BCUT2D eigenvalue weighted by atomic mass is 32.2. The first-order valence-electron chi connectivity index (χ1n) is 4.72. The molecule has 0 spiro atoms. The number of thioether (sulfide) groups is 1. The van der Waals surface area contributed by atoms with Gasteiger partial charge in [0.1, 0.15) is 11.1 Å². The van der Waals surface area contributed by atoms with E-state index in [1.807, 2.05) is 6.92 Å². The summed E-state index contributed by atoms with van der Waals surface area (Å²) < 4.78 is 12.8. The van der Waals surface area contributed by atoms with Crippen molar-refractivity contribution in [1.82, 2.24) is 0 Å². The van der Waals surface area contributed by atoms with Gasteiger partial charge in [-0.2, -0.15) is 0 Å². The van der Waals surface area contributed by atoms with Crippen molar-refractivity contribution >= 4 is 17.7 Å². The molecular formula is C11H13FO2S. The number of carboxylic acid groups (broad SMARTS) is 1. The van der Waals surface area contributed by atoms with Gasteiger partial charge in [-0.25, -0.2) is 4.39 Å². The summed E-state index contributed by atoms with van der Waals surface area (Å²) in [5.74, 6) is -0.557. The third kappa shape index (κ3) is 3.91. The maximum Gasteiger partial charge on any atom is 0.316 e. The summed E-state index contributed by atoms with van der Waals surface area (Å²) in [7, 11) is 0. The Bertz CT molecular complexity index is 341. The molecule has 1 rings (SSSR count). The smallest absolute Gasteiger partial charge is 0.316 e. The second-order valence-corrected chi connectivity index (χ2v) is 4.37. The highest BCUT2D eigenvalue weighted by Crippen LogP contribution is 2.20. The van der Waals surface area contributed by atoms with Crippen molar-refractivity contribution in [2.75, 3.05) is 0 Å². The van der Waals surface area contributed by atoms with E-state index in [1.54, 1.807) is 12.1 Å². The van der Waals surface area contributed by atoms with E-state index in [2.05, 4.69) is 0 Å². The first-order chi connectivity index (χ1) is 7.13. The zero-order valence-corrected chi connectivity index (χ0v) is 9.26. The summed E-state index contributed by atoms with van der Waals surface area (Å²) in [6.45, 7) is 1.83. The molecule has 1 aromatic rings. The van der Waals surface area contributed by atoms with Crippen molar-refractivity contribution in [3.63, 3.8) is 0 Å². The second-order valence-electron chi connectivity index (χ2n) is 3.18. The van der Waals surface area contributed by atoms with E-state index < -0.39 is 11.2 Å². The molecule has 0 heterocycles. The molecule has 0 bridgehead atoms. The average Bonchev–Trinajstić information content (AvgIpc) is 2.18. The largest absolute Gasteiger partial charge is 0.480 e. The van der Waals surface area contributed by atoms with Crippen LogP contribution in [0.25, 0.3) is 0 Å². The van der Waals surface area contributed by atoms with Crippen LogP contribution in [-0.2, 0) is 10.5 Å². The molecule has 1 aromatic carbocycles. The fourth-order valence-corrected chi connectivity index (χ4v) is 2.14. The Kier molecular flexibility index (Phi) is 4.62. The molecule has 15 heavy (non-hydrogen) atoms. The number of hydrogen-bond acceptors (Lipinski definition) is 2. The summed E-state index contributed by atoms with van der Waals surface area (Å²) in [4.78, 5) is 10.7. The standard InChI is InChI=1S/C11H13FO2S/c1-2-10(11(13)14)15-7-8-4-3-5-9(12)6-8/h3-6,10H,2,7H2,1H3,(H,13,14). The first kappa shape index (κ1) is 12.0. The Hall–Kier alpha value is -1.03. The van der Waals surface area contributed by atoms with Gasteiger partial charge in [-0.3, -0.25) is 4.79 Å². The number of hydrogen-bond donors (Lipinski definition) is 1. The minimum absolute atomic E-state index is 0.281. The highest BCUT2D eigenvalue weighted by molar-refractivity contribution is 7.99. The molecule has 1 unspecified atom stereocenters. The molecule has 0 saturated heterocycles. The summed E-state index contributed by atoms with van der Waals surface area (Å²) in [6, 6.07) is 6.24. The van der Waals surface area contributed by atoms with E-state index in [0.29, 0.717) is 12.2 Å². The van der Waals surface area contributed by atoms with Gasteiger partial charge in [0.2, 0.25) is 0 Å². The maximum atomic E-state index is 12.8. The van der Waals surface area contributed by atoms with Gasteiger partial charge in [-0.15, -0.1) is 11.8 Å². The molecule has 0 fully saturated rings. The molecule has 0 aromatic heterocycles. The van der Waals surface area contributed by atoms with Crippen LogP contribution in [0.5, 0.6) is 0 Å². The van der Waals surface area contributed by atoms with Crippen molar-refractivity contribution < 1.29 is 14.3 Å². The van der Waals surface area contributed by atoms with Gasteiger partial charge in [0.25, 0.3) is 0 Å². The lowest BCUT2D eigenvalue weighted by Crippen LogP contribution is -2.15. The quantitative estimate of drug-likeness (QED) is 0.842. The first-order valence-corrected chi connectivity index (χ1v) is 5.77. The Balaban J connectivity index is 2.52. The Morgan fingerprint density at radius 2 is 2.33 bits per heavy atom. The highest BCUT2D eigenvalue weighted by Gasteiger charge is 2.15. The number of carboxylic acids is 1. The van der Waals surface area contributed by atoms with Crippen molar-refractivity contribution in [3.8, 4) is 0 Å². The van der Waals surface area contributed by atoms with Crippen LogP contribution >= 0.6 is 11.8 Å². The summed E-state index contributed by atoms with van der Waals surface area (Å²) in [6.07, 6.45) is 0.579. The number of benzene rings is 1. The number of carbonyl (C=O) groups is 1. The van der Waals surface area contributed by atoms with Crippen molar-refractivity contribution in [1.29, 1.82) is 0 Å². The minimum Gasteiger partial charge on any atom is -0.480 e. The minimum atomic E-state index is -0.807. The molecule has 1 atom stereocenters. The van der Waals surface area contributed by atoms with E-state index in [4.69, 9.17) is 5.11 Å². The van der Waals surface area contributed by atoms with Crippen LogP contribution in [0.2, 0.25) is 0 Å². The fourth-order valence-electron chi connectivity index (χ4n) is 1.19. The molecule has 82 valence electrons. The molecule has 0 aliphatic rings. The Morgan fingerprint density at radius 3 is 2.87 bits per heavy atom. The topological polar surface area (TPSA) is 37.3 Å². The number of halogens is 1. The predicted molar refractivity (Wildman–Crippen MR) is 59.4 cm³/mol. The third-order valence-corrected chi connectivity index (χ3v) is 3.42. The lowest BCUT2D eigenvalue weighted by molar-refractivity contribution is -0.136. The van der Waals surface area contributed by atoms with Crippen molar-refractivity contribution in [2.24, 2.45) is 0 Å². The molecule has 2 nitrogen and oxygen atoms in total. The molecule has 0 saturated carbocycles. The van der Waals surface area contributed by atoms with Gasteiger partial charge >= 0.3 is 5.97 Å². The van der Waals surface area contributed by atoms with Crippen LogP contribution in [-0.4, -0.2) is 16.3 Å². The number of aliphatic carboxylic acids is 1. The van der Waals surface area contributed by atoms with Gasteiger partial charge in [-0.05, 0) is 24.1 Å². The zero-order chi connectivity index (χ0) is 11.3. The van der Waals surface area contributed by atoms with E-state index in [9.17, 15) is 9.18 Å². The summed E-state index contributed by atoms with van der Waals surface area (Å²) in [5, 5.41) is 8.40. The molecule has 4 heteroatoms. The molecule has 0 amide bonds. The van der Waals surface area contributed by atoms with Gasteiger partial charge in [-0.1, -0.05) is 19.1 Å².